The molecule has 0 aliphatic heterocycles. The highest BCUT2D eigenvalue weighted by atomic mass is 32.2. The Morgan fingerprint density at radius 2 is 1.78 bits per heavy atom. The summed E-state index contributed by atoms with van der Waals surface area (Å²) in [5, 5.41) is 2.84. The van der Waals surface area contributed by atoms with Crippen LogP contribution in [-0.2, 0) is 14.8 Å². The molecule has 0 aliphatic carbocycles. The van der Waals surface area contributed by atoms with Crippen molar-refractivity contribution in [1.82, 2.24) is 10.0 Å². The van der Waals surface area contributed by atoms with Crippen molar-refractivity contribution in [3.63, 3.8) is 0 Å². The molecule has 0 spiro atoms. The predicted molar refractivity (Wildman–Crippen MR) is 89.9 cm³/mol. The highest BCUT2D eigenvalue weighted by Crippen LogP contribution is 2.16. The number of nitrogens with one attached hydrogen (secondary N) is 2. The van der Waals surface area contributed by atoms with E-state index in [2.05, 4.69) is 17.0 Å². The van der Waals surface area contributed by atoms with Gasteiger partial charge in [0.05, 0.1) is 4.90 Å². The molecule has 1 aromatic carbocycles. The van der Waals surface area contributed by atoms with Crippen LogP contribution in [0, 0.1) is 0 Å². The van der Waals surface area contributed by atoms with Gasteiger partial charge in [-0.2, -0.15) is 0 Å². The molecule has 1 atom stereocenters. The number of carbonyl (C=O) groups excluding carboxylic acids is 1. The lowest BCUT2D eigenvalue weighted by molar-refractivity contribution is -0.123. The Hall–Kier alpha value is -1.60. The number of rotatable bonds is 9. The molecule has 0 fully saturated rings. The van der Waals surface area contributed by atoms with E-state index in [1.165, 1.54) is 24.3 Å². The van der Waals surface area contributed by atoms with Gasteiger partial charge in [0.25, 0.3) is 5.91 Å². The first kappa shape index (κ1) is 19.4. The highest BCUT2D eigenvalue weighted by Gasteiger charge is 2.15. The van der Waals surface area contributed by atoms with E-state index in [-0.39, 0.29) is 29.5 Å². The first-order valence-electron chi connectivity index (χ1n) is 7.79. The van der Waals surface area contributed by atoms with Gasteiger partial charge in [-0.25, -0.2) is 13.1 Å². The molecule has 130 valence electrons. The molecule has 0 radical (unpaired) electrons. The number of hydrogen-bond acceptors (Lipinski definition) is 4. The molecule has 2 N–H and O–H groups in total. The molecule has 1 rings (SSSR count). The maximum atomic E-state index is 12.0. The number of ether oxygens (including phenoxy) is 1. The van der Waals surface area contributed by atoms with Gasteiger partial charge in [-0.15, -0.1) is 0 Å². The van der Waals surface area contributed by atoms with Crippen molar-refractivity contribution in [1.29, 1.82) is 0 Å². The Balaban J connectivity index is 2.56. The Morgan fingerprint density at radius 3 is 2.30 bits per heavy atom. The Morgan fingerprint density at radius 1 is 1.17 bits per heavy atom. The second-order valence-corrected chi connectivity index (χ2v) is 7.51. The molecule has 0 saturated carbocycles. The maximum Gasteiger partial charge on any atom is 0.258 e. The van der Waals surface area contributed by atoms with Crippen molar-refractivity contribution < 1.29 is 17.9 Å². The zero-order chi connectivity index (χ0) is 17.5. The fraction of sp³-hybridized carbons (Fsp3) is 0.562. The number of amides is 1. The minimum Gasteiger partial charge on any atom is -0.484 e. The Kier molecular flexibility index (Phi) is 7.51. The van der Waals surface area contributed by atoms with Gasteiger partial charge in [-0.1, -0.05) is 13.3 Å². The van der Waals surface area contributed by atoms with Crippen molar-refractivity contribution in [3.8, 4) is 5.75 Å². The van der Waals surface area contributed by atoms with E-state index in [9.17, 15) is 13.2 Å². The molecule has 1 amide bonds. The third-order valence-electron chi connectivity index (χ3n) is 3.02. The smallest absolute Gasteiger partial charge is 0.258 e. The average Bonchev–Trinajstić information content (AvgIpc) is 2.44. The first-order valence-corrected chi connectivity index (χ1v) is 9.27. The van der Waals surface area contributed by atoms with Crippen LogP contribution in [0.15, 0.2) is 29.2 Å². The van der Waals surface area contributed by atoms with Crippen molar-refractivity contribution in [3.05, 3.63) is 24.3 Å². The van der Waals surface area contributed by atoms with E-state index in [0.29, 0.717) is 5.75 Å². The van der Waals surface area contributed by atoms with Gasteiger partial charge in [-0.3, -0.25) is 4.79 Å². The van der Waals surface area contributed by atoms with Crippen LogP contribution in [0.1, 0.15) is 40.5 Å². The summed E-state index contributed by atoms with van der Waals surface area (Å²) in [5.74, 6) is 0.260. The molecule has 23 heavy (non-hydrogen) atoms. The normalized spacial score (nSPS) is 12.9. The van der Waals surface area contributed by atoms with Crippen LogP contribution < -0.4 is 14.8 Å². The van der Waals surface area contributed by atoms with Gasteiger partial charge in [0.2, 0.25) is 10.0 Å². The Bertz CT molecular complexity index is 597. The molecule has 7 heteroatoms. The van der Waals surface area contributed by atoms with Gasteiger partial charge < -0.3 is 10.1 Å². The summed E-state index contributed by atoms with van der Waals surface area (Å²) in [5.41, 5.74) is 0. The van der Waals surface area contributed by atoms with Crippen LogP contribution in [0.4, 0.5) is 0 Å². The van der Waals surface area contributed by atoms with Crippen molar-refractivity contribution in [2.45, 2.75) is 57.5 Å². The van der Waals surface area contributed by atoms with Crippen LogP contribution in [0.3, 0.4) is 0 Å². The molecule has 0 heterocycles. The topological polar surface area (TPSA) is 84.5 Å². The number of hydrogen-bond donors (Lipinski definition) is 2. The largest absolute Gasteiger partial charge is 0.484 e. The van der Waals surface area contributed by atoms with Gasteiger partial charge in [0.1, 0.15) is 5.75 Å². The lowest BCUT2D eigenvalue weighted by Gasteiger charge is -2.13. The van der Waals surface area contributed by atoms with E-state index in [1.54, 1.807) is 13.8 Å². The zero-order valence-electron chi connectivity index (χ0n) is 14.1. The standard InChI is InChI=1S/C16H26N2O4S/c1-5-6-13(4)17-16(19)11-22-14-7-9-15(10-8-14)23(20,21)18-12(2)3/h7-10,12-13,18H,5-6,11H2,1-4H3,(H,17,19)/t13-/m1/s1. The molecule has 6 nitrogen and oxygen atoms in total. The van der Waals surface area contributed by atoms with Crippen LogP contribution >= 0.6 is 0 Å². The number of sulfonamides is 1. The van der Waals surface area contributed by atoms with E-state index in [1.807, 2.05) is 6.92 Å². The molecular formula is C16H26N2O4S. The van der Waals surface area contributed by atoms with Gasteiger partial charge in [-0.05, 0) is 51.5 Å². The van der Waals surface area contributed by atoms with Gasteiger partial charge in [0, 0.05) is 12.1 Å². The first-order chi connectivity index (χ1) is 10.7. The van der Waals surface area contributed by atoms with E-state index in [4.69, 9.17) is 4.74 Å². The van der Waals surface area contributed by atoms with Crippen LogP contribution in [0.25, 0.3) is 0 Å². The van der Waals surface area contributed by atoms with Gasteiger partial charge in [0.15, 0.2) is 6.61 Å². The number of benzene rings is 1. The molecule has 0 aliphatic rings. The quantitative estimate of drug-likeness (QED) is 0.719. The molecule has 1 aromatic rings. The molecular weight excluding hydrogens is 316 g/mol. The summed E-state index contributed by atoms with van der Waals surface area (Å²) in [6, 6.07) is 5.93. The molecule has 0 aromatic heterocycles. The summed E-state index contributed by atoms with van der Waals surface area (Å²) in [6.45, 7) is 7.43. The van der Waals surface area contributed by atoms with Crippen LogP contribution in [0.5, 0.6) is 5.75 Å². The lowest BCUT2D eigenvalue weighted by atomic mass is 10.2. The second-order valence-electron chi connectivity index (χ2n) is 5.79. The van der Waals surface area contributed by atoms with Crippen molar-refractivity contribution in [2.24, 2.45) is 0 Å². The Labute approximate surface area is 138 Å². The molecule has 0 unspecified atom stereocenters. The van der Waals surface area contributed by atoms with Crippen molar-refractivity contribution in [2.75, 3.05) is 6.61 Å². The van der Waals surface area contributed by atoms with E-state index in [0.717, 1.165) is 12.8 Å². The molecule has 0 bridgehead atoms. The third-order valence-corrected chi connectivity index (χ3v) is 4.70. The van der Waals surface area contributed by atoms with Gasteiger partial charge >= 0.3 is 0 Å². The SMILES string of the molecule is CCC[C@@H](C)NC(=O)COc1ccc(S(=O)(=O)NC(C)C)cc1. The molecule has 0 saturated heterocycles. The third kappa shape index (κ3) is 7.00. The minimum atomic E-state index is -3.51. The fourth-order valence-corrected chi connectivity index (χ4v) is 3.31. The van der Waals surface area contributed by atoms with Crippen LogP contribution in [0.2, 0.25) is 0 Å². The fourth-order valence-electron chi connectivity index (χ4n) is 2.06. The monoisotopic (exact) mass is 342 g/mol. The highest BCUT2D eigenvalue weighted by molar-refractivity contribution is 7.89. The lowest BCUT2D eigenvalue weighted by Crippen LogP contribution is -2.35. The summed E-state index contributed by atoms with van der Waals surface area (Å²) >= 11 is 0. The summed E-state index contributed by atoms with van der Waals surface area (Å²) in [4.78, 5) is 11.9. The average molecular weight is 342 g/mol. The summed E-state index contributed by atoms with van der Waals surface area (Å²) in [6.07, 6.45) is 1.92. The van der Waals surface area contributed by atoms with E-state index < -0.39 is 10.0 Å². The van der Waals surface area contributed by atoms with E-state index >= 15 is 0 Å². The maximum absolute atomic E-state index is 12.0. The predicted octanol–water partition coefficient (Wildman–Crippen LogP) is 2.06. The van der Waals surface area contributed by atoms with Crippen molar-refractivity contribution >= 4 is 15.9 Å². The zero-order valence-corrected chi connectivity index (χ0v) is 14.9. The summed E-state index contributed by atoms with van der Waals surface area (Å²) in [7, 11) is -3.51. The van der Waals surface area contributed by atoms with Crippen LogP contribution in [-0.4, -0.2) is 33.0 Å². The summed E-state index contributed by atoms with van der Waals surface area (Å²) < 4.78 is 31.8. The minimum absolute atomic E-state index is 0.0929. The number of carbonyl (C=O) groups is 1. The second kappa shape index (κ2) is 8.88.